The summed E-state index contributed by atoms with van der Waals surface area (Å²) in [5.41, 5.74) is 0. The first-order valence-corrected chi connectivity index (χ1v) is 13.8. The van der Waals surface area contributed by atoms with Crippen LogP contribution < -0.4 is 15.7 Å². The number of hydrogen-bond donors (Lipinski definition) is 2. The highest BCUT2D eigenvalue weighted by atomic mass is 28.4. The summed E-state index contributed by atoms with van der Waals surface area (Å²) in [6, 6.07) is 17.5. The molecule has 2 amide bonds. The van der Waals surface area contributed by atoms with Crippen molar-refractivity contribution in [1.82, 2.24) is 10.2 Å². The molecule has 8 nitrogen and oxygen atoms in total. The summed E-state index contributed by atoms with van der Waals surface area (Å²) in [7, 11) is -0.327. The Morgan fingerprint density at radius 2 is 1.47 bits per heavy atom. The molecule has 36 heavy (non-hydrogen) atoms. The van der Waals surface area contributed by atoms with Gasteiger partial charge in [-0.3, -0.25) is 9.59 Å². The highest BCUT2D eigenvalue weighted by Gasteiger charge is 2.50. The number of nitrogens with one attached hydrogen (secondary N) is 1. The molecule has 0 aromatic heterocycles. The Morgan fingerprint density at radius 1 is 1.00 bits per heavy atom. The number of carbonyl (C=O) groups excluding carboxylic acids is 3. The van der Waals surface area contributed by atoms with Gasteiger partial charge >= 0.3 is 5.97 Å². The van der Waals surface area contributed by atoms with E-state index in [9.17, 15) is 19.5 Å². The third-order valence-corrected chi connectivity index (χ3v) is 11.3. The van der Waals surface area contributed by atoms with E-state index >= 15 is 0 Å². The highest BCUT2D eigenvalue weighted by molar-refractivity contribution is 6.99. The Bertz CT molecular complexity index is 984. The van der Waals surface area contributed by atoms with Gasteiger partial charge in [-0.15, -0.1) is 0 Å². The van der Waals surface area contributed by atoms with Gasteiger partial charge in [0.1, 0.15) is 12.1 Å². The summed E-state index contributed by atoms with van der Waals surface area (Å²) in [4.78, 5) is 38.9. The van der Waals surface area contributed by atoms with Gasteiger partial charge in [0.2, 0.25) is 11.8 Å². The first kappa shape index (κ1) is 29.2. The number of methoxy groups -OCH3 is 1. The lowest BCUT2D eigenvalue weighted by Crippen LogP contribution is -2.68. The van der Waals surface area contributed by atoms with Gasteiger partial charge in [-0.05, 0) is 22.3 Å². The van der Waals surface area contributed by atoms with Crippen LogP contribution >= 0.6 is 0 Å². The van der Waals surface area contributed by atoms with E-state index in [1.807, 2.05) is 60.7 Å². The lowest BCUT2D eigenvalue weighted by molar-refractivity contribution is -0.148. The Morgan fingerprint density at radius 3 is 1.83 bits per heavy atom. The lowest BCUT2D eigenvalue weighted by Gasteiger charge is -2.43. The van der Waals surface area contributed by atoms with Gasteiger partial charge in [0.25, 0.3) is 8.32 Å². The Kier molecular flexibility index (Phi) is 9.98. The van der Waals surface area contributed by atoms with Crippen molar-refractivity contribution in [1.29, 1.82) is 0 Å². The number of aliphatic hydroxyl groups is 1. The van der Waals surface area contributed by atoms with Crippen LogP contribution in [0.2, 0.25) is 5.04 Å². The van der Waals surface area contributed by atoms with Crippen LogP contribution in [0.1, 0.15) is 34.6 Å². The molecule has 2 N–H and O–H groups in total. The van der Waals surface area contributed by atoms with Gasteiger partial charge in [-0.1, -0.05) is 81.4 Å². The molecule has 0 saturated carbocycles. The van der Waals surface area contributed by atoms with Crippen LogP contribution in [0, 0.1) is 0 Å². The van der Waals surface area contributed by atoms with Gasteiger partial charge in [0, 0.05) is 14.0 Å². The van der Waals surface area contributed by atoms with Crippen LogP contribution in [0.15, 0.2) is 60.7 Å². The summed E-state index contributed by atoms with van der Waals surface area (Å²) < 4.78 is 11.7. The van der Waals surface area contributed by atoms with E-state index in [-0.39, 0.29) is 11.6 Å². The molecule has 0 spiro atoms. The van der Waals surface area contributed by atoms with Crippen LogP contribution in [-0.4, -0.2) is 75.1 Å². The molecule has 0 aliphatic heterocycles. The van der Waals surface area contributed by atoms with E-state index in [4.69, 9.17) is 9.16 Å². The second kappa shape index (κ2) is 12.3. The van der Waals surface area contributed by atoms with Gasteiger partial charge in [0.05, 0.1) is 19.8 Å². The molecule has 2 rings (SSSR count). The zero-order valence-electron chi connectivity index (χ0n) is 22.1. The van der Waals surface area contributed by atoms with Crippen molar-refractivity contribution < 1.29 is 28.7 Å². The third-order valence-electron chi connectivity index (χ3n) is 6.33. The minimum Gasteiger partial charge on any atom is -0.467 e. The number of ether oxygens (including phenoxy) is 1. The van der Waals surface area contributed by atoms with E-state index in [0.717, 1.165) is 15.3 Å². The number of esters is 1. The largest absolute Gasteiger partial charge is 0.467 e. The van der Waals surface area contributed by atoms with Crippen molar-refractivity contribution in [3.63, 3.8) is 0 Å². The first-order chi connectivity index (χ1) is 16.9. The number of aliphatic hydroxyl groups excluding tert-OH is 1. The summed E-state index contributed by atoms with van der Waals surface area (Å²) >= 11 is 0. The number of carbonyl (C=O) groups is 3. The highest BCUT2D eigenvalue weighted by Crippen LogP contribution is 2.36. The average Bonchev–Trinajstić information content (AvgIpc) is 2.83. The fourth-order valence-corrected chi connectivity index (χ4v) is 9.02. The fourth-order valence-electron chi connectivity index (χ4n) is 4.45. The minimum absolute atomic E-state index is 0.151. The smallest absolute Gasteiger partial charge is 0.330 e. The number of likely N-dealkylation sites (N-methyl/N-ethyl adjacent to an activating group) is 1. The molecule has 0 saturated heterocycles. The van der Waals surface area contributed by atoms with Crippen molar-refractivity contribution in [2.45, 2.75) is 57.8 Å². The van der Waals surface area contributed by atoms with Crippen LogP contribution in [0.25, 0.3) is 0 Å². The first-order valence-electron chi connectivity index (χ1n) is 11.9. The predicted molar refractivity (Wildman–Crippen MR) is 141 cm³/mol. The van der Waals surface area contributed by atoms with Crippen molar-refractivity contribution >= 4 is 36.5 Å². The van der Waals surface area contributed by atoms with Gasteiger partial charge in [0.15, 0.2) is 0 Å². The maximum Gasteiger partial charge on any atom is 0.330 e. The number of rotatable bonds is 10. The summed E-state index contributed by atoms with van der Waals surface area (Å²) in [6.07, 6.45) is -1.16. The van der Waals surface area contributed by atoms with Crippen molar-refractivity contribution in [2.24, 2.45) is 0 Å². The van der Waals surface area contributed by atoms with Gasteiger partial charge in [-0.25, -0.2) is 4.79 Å². The zero-order valence-corrected chi connectivity index (χ0v) is 23.1. The van der Waals surface area contributed by atoms with E-state index in [0.29, 0.717) is 0 Å². The second-order valence-electron chi connectivity index (χ2n) is 9.87. The van der Waals surface area contributed by atoms with Crippen molar-refractivity contribution in [2.75, 3.05) is 20.8 Å². The molecule has 2 aromatic carbocycles. The van der Waals surface area contributed by atoms with E-state index in [1.54, 1.807) is 0 Å². The number of benzene rings is 2. The molecule has 196 valence electrons. The van der Waals surface area contributed by atoms with Crippen molar-refractivity contribution in [3.05, 3.63) is 60.7 Å². The molecule has 0 radical (unpaired) electrons. The maximum atomic E-state index is 13.1. The molecule has 3 unspecified atom stereocenters. The summed E-state index contributed by atoms with van der Waals surface area (Å²) in [6.45, 7) is 8.88. The number of nitrogens with zero attached hydrogens (tertiary/aromatic N) is 1. The molecule has 2 aromatic rings. The minimum atomic E-state index is -2.98. The van der Waals surface area contributed by atoms with Crippen LogP contribution in [0.3, 0.4) is 0 Å². The lowest BCUT2D eigenvalue weighted by atomic mass is 10.1. The fraction of sp³-hybridized carbons (Fsp3) is 0.444. The summed E-state index contributed by atoms with van der Waals surface area (Å²) in [5, 5.41) is 14.5. The van der Waals surface area contributed by atoms with Crippen LogP contribution in [-0.2, 0) is 23.5 Å². The Balaban J connectivity index is 2.49. The normalized spacial score (nSPS) is 14.3. The molecule has 0 heterocycles. The SMILES string of the molecule is COC(=O)C(CO[Si](c1ccccc1)(c1ccccc1)C(C)(C)C)NC(=O)C(C(C)O)N(C)C(C)=O. The third kappa shape index (κ3) is 6.40. The standard InChI is InChI=1S/C27H38N2O6Si/c1-19(30)24(29(6)20(2)31)25(32)28-23(26(33)34-7)18-35-36(27(3,4)5,21-14-10-8-11-15-21)22-16-12-9-13-17-22/h8-17,19,23-24,30H,18H2,1-7H3,(H,28,32). The molecule has 0 aliphatic carbocycles. The maximum absolute atomic E-state index is 13.1. The number of amides is 2. The van der Waals surface area contributed by atoms with E-state index in [1.165, 1.54) is 28.0 Å². The second-order valence-corrected chi connectivity index (χ2v) is 14.2. The van der Waals surface area contributed by atoms with E-state index < -0.39 is 44.3 Å². The van der Waals surface area contributed by atoms with Crippen LogP contribution in [0.4, 0.5) is 0 Å². The van der Waals surface area contributed by atoms with Gasteiger partial charge in [-0.2, -0.15) is 0 Å². The van der Waals surface area contributed by atoms with Crippen molar-refractivity contribution in [3.8, 4) is 0 Å². The molecule has 0 fully saturated rings. The zero-order chi connectivity index (χ0) is 27.1. The molecular formula is C27H38N2O6Si. The topological polar surface area (TPSA) is 105 Å². The average molecular weight is 515 g/mol. The summed E-state index contributed by atoms with van der Waals surface area (Å²) in [5.74, 6) is -1.76. The molecule has 3 atom stereocenters. The van der Waals surface area contributed by atoms with Crippen LogP contribution in [0.5, 0.6) is 0 Å². The predicted octanol–water partition coefficient (Wildman–Crippen LogP) is 1.45. The molecule has 0 aliphatic rings. The number of hydrogen-bond acceptors (Lipinski definition) is 6. The van der Waals surface area contributed by atoms with E-state index in [2.05, 4.69) is 26.1 Å². The quantitative estimate of drug-likeness (QED) is 0.367. The Labute approximate surface area is 214 Å². The van der Waals surface area contributed by atoms with Gasteiger partial charge < -0.3 is 24.5 Å². The monoisotopic (exact) mass is 514 g/mol. The molecular weight excluding hydrogens is 476 g/mol. The Hall–Kier alpha value is -3.01. The molecule has 9 heteroatoms. The molecule has 0 bridgehead atoms.